The Balaban J connectivity index is 1.50. The molecule has 3 heterocycles. The van der Waals surface area contributed by atoms with E-state index in [1.54, 1.807) is 11.0 Å². The predicted octanol–water partition coefficient (Wildman–Crippen LogP) is 2.25. The van der Waals surface area contributed by atoms with Crippen molar-refractivity contribution in [3.63, 3.8) is 0 Å². The Hall–Kier alpha value is -2.63. The molecule has 6 nitrogen and oxygen atoms in total. The minimum Gasteiger partial charge on any atom is -0.351 e. The molecular formula is C18H19N3O3. The third-order valence-corrected chi connectivity index (χ3v) is 5.04. The number of nitrogens with zero attached hydrogens (tertiary/aromatic N) is 3. The fraction of sp³-hybridized carbons (Fsp3) is 0.389. The van der Waals surface area contributed by atoms with Gasteiger partial charge in [0.1, 0.15) is 0 Å². The van der Waals surface area contributed by atoms with Gasteiger partial charge in [-0.1, -0.05) is 22.9 Å². The Kier molecular flexibility index (Phi) is 3.40. The van der Waals surface area contributed by atoms with E-state index in [9.17, 15) is 9.59 Å². The molecule has 0 unspecified atom stereocenters. The number of aryl methyl sites for hydroxylation is 1. The molecule has 0 bridgehead atoms. The lowest BCUT2D eigenvalue weighted by molar-refractivity contribution is -0.117. The second-order valence-electron chi connectivity index (χ2n) is 6.85. The van der Waals surface area contributed by atoms with Gasteiger partial charge in [0.2, 0.25) is 11.7 Å². The fourth-order valence-corrected chi connectivity index (χ4v) is 3.72. The van der Waals surface area contributed by atoms with Gasteiger partial charge in [0, 0.05) is 43.2 Å². The first-order chi connectivity index (χ1) is 11.6. The van der Waals surface area contributed by atoms with Gasteiger partial charge in [-0.25, -0.2) is 0 Å². The van der Waals surface area contributed by atoms with Gasteiger partial charge in [-0.3, -0.25) is 9.59 Å². The quantitative estimate of drug-likeness (QED) is 0.849. The first-order valence-electron chi connectivity index (χ1n) is 8.13. The third-order valence-electron chi connectivity index (χ3n) is 5.04. The molecule has 0 radical (unpaired) electrons. The average molecular weight is 325 g/mol. The summed E-state index contributed by atoms with van der Waals surface area (Å²) in [6.45, 7) is 3.92. The highest BCUT2D eigenvalue weighted by molar-refractivity contribution is 5.97. The van der Waals surface area contributed by atoms with E-state index < -0.39 is 0 Å². The third kappa shape index (κ3) is 2.48. The second kappa shape index (κ2) is 5.47. The highest BCUT2D eigenvalue weighted by Crippen LogP contribution is 2.42. The molecule has 0 saturated carbocycles. The van der Waals surface area contributed by atoms with Gasteiger partial charge in [-0.15, -0.1) is 0 Å². The lowest BCUT2D eigenvalue weighted by atomic mass is 9.86. The van der Waals surface area contributed by atoms with Crippen LogP contribution >= 0.6 is 0 Å². The Bertz CT molecular complexity index is 769. The summed E-state index contributed by atoms with van der Waals surface area (Å²) >= 11 is 0. The highest BCUT2D eigenvalue weighted by Gasteiger charge is 2.49. The van der Waals surface area contributed by atoms with Gasteiger partial charge >= 0.3 is 0 Å². The summed E-state index contributed by atoms with van der Waals surface area (Å²) in [5, 5.41) is 3.59. The zero-order chi connectivity index (χ0) is 16.7. The smallest absolute Gasteiger partial charge is 0.292 e. The number of amides is 2. The summed E-state index contributed by atoms with van der Waals surface area (Å²) in [4.78, 5) is 28.6. The Morgan fingerprint density at radius 3 is 2.71 bits per heavy atom. The van der Waals surface area contributed by atoms with Crippen LogP contribution in [-0.2, 0) is 4.79 Å². The molecule has 2 amide bonds. The van der Waals surface area contributed by atoms with Crippen molar-refractivity contribution in [3.8, 4) is 0 Å². The van der Waals surface area contributed by atoms with Crippen molar-refractivity contribution in [3.05, 3.63) is 47.9 Å². The minimum atomic E-state index is -0.155. The van der Waals surface area contributed by atoms with E-state index in [4.69, 9.17) is 4.52 Å². The van der Waals surface area contributed by atoms with Crippen molar-refractivity contribution < 1.29 is 14.1 Å². The van der Waals surface area contributed by atoms with Crippen LogP contribution in [-0.4, -0.2) is 41.5 Å². The van der Waals surface area contributed by atoms with Gasteiger partial charge in [-0.05, 0) is 25.5 Å². The summed E-state index contributed by atoms with van der Waals surface area (Å²) in [5.74, 6) is 0.241. The van der Waals surface area contributed by atoms with Gasteiger partial charge < -0.3 is 14.3 Å². The average Bonchev–Trinajstić information content (AvgIpc) is 3.29. The van der Waals surface area contributed by atoms with Crippen molar-refractivity contribution in [1.82, 2.24) is 10.1 Å². The number of benzene rings is 1. The maximum absolute atomic E-state index is 12.5. The van der Waals surface area contributed by atoms with Crippen LogP contribution in [0.15, 0.2) is 41.1 Å². The maximum Gasteiger partial charge on any atom is 0.292 e. The van der Waals surface area contributed by atoms with E-state index >= 15 is 0 Å². The normalized spacial score (nSPS) is 23.5. The molecule has 0 N–H and O–H groups in total. The number of carbonyl (C=O) groups is 2. The van der Waals surface area contributed by atoms with Gasteiger partial charge in [0.25, 0.3) is 5.91 Å². The summed E-state index contributed by atoms with van der Waals surface area (Å²) in [6, 6.07) is 9.58. The Labute approximate surface area is 140 Å². The van der Waals surface area contributed by atoms with Gasteiger partial charge in [-0.2, -0.15) is 0 Å². The van der Waals surface area contributed by atoms with Gasteiger partial charge in [0.05, 0.1) is 6.20 Å². The molecule has 1 spiro atoms. The van der Waals surface area contributed by atoms with Crippen molar-refractivity contribution >= 4 is 17.5 Å². The van der Waals surface area contributed by atoms with Crippen LogP contribution in [0.3, 0.4) is 0 Å². The molecule has 1 aromatic heterocycles. The lowest BCUT2D eigenvalue weighted by Crippen LogP contribution is -2.34. The molecule has 124 valence electrons. The van der Waals surface area contributed by atoms with Crippen LogP contribution < -0.4 is 4.90 Å². The van der Waals surface area contributed by atoms with Gasteiger partial charge in [0.15, 0.2) is 0 Å². The summed E-state index contributed by atoms with van der Waals surface area (Å²) in [6.07, 6.45) is 2.79. The standard InChI is InChI=1S/C18H19N3O3/c1-13-2-4-14(5-3-13)21-12-18(10-16(21)22)7-9-20(11-18)17(23)15-6-8-19-24-15/h2-6,8H,7,9-12H2,1H3/t18-/m1/s1. The number of rotatable bonds is 2. The number of anilines is 1. The SMILES string of the molecule is Cc1ccc(N2C[C@]3(CCN(C(=O)c4ccno4)C3)CC2=O)cc1. The van der Waals surface area contributed by atoms with E-state index in [-0.39, 0.29) is 23.0 Å². The fourth-order valence-electron chi connectivity index (χ4n) is 3.72. The van der Waals surface area contributed by atoms with Crippen LogP contribution in [0.2, 0.25) is 0 Å². The molecule has 0 aliphatic carbocycles. The van der Waals surface area contributed by atoms with Crippen LogP contribution in [0.25, 0.3) is 0 Å². The molecule has 6 heteroatoms. The van der Waals surface area contributed by atoms with Crippen LogP contribution in [0.1, 0.15) is 29.0 Å². The van der Waals surface area contributed by atoms with E-state index in [1.807, 2.05) is 36.1 Å². The zero-order valence-electron chi connectivity index (χ0n) is 13.6. The highest BCUT2D eigenvalue weighted by atomic mass is 16.5. The molecule has 4 rings (SSSR count). The predicted molar refractivity (Wildman–Crippen MR) is 87.6 cm³/mol. The molecule has 2 fully saturated rings. The van der Waals surface area contributed by atoms with E-state index in [1.165, 1.54) is 11.8 Å². The van der Waals surface area contributed by atoms with Crippen molar-refractivity contribution in [2.24, 2.45) is 5.41 Å². The molecule has 2 aliphatic heterocycles. The maximum atomic E-state index is 12.5. The van der Waals surface area contributed by atoms with Crippen molar-refractivity contribution in [2.75, 3.05) is 24.5 Å². The minimum absolute atomic E-state index is 0.132. The van der Waals surface area contributed by atoms with E-state index in [2.05, 4.69) is 5.16 Å². The molecule has 1 aromatic carbocycles. The van der Waals surface area contributed by atoms with Crippen LogP contribution in [0.5, 0.6) is 0 Å². The topological polar surface area (TPSA) is 66.7 Å². The first-order valence-corrected chi connectivity index (χ1v) is 8.13. The number of hydrogen-bond acceptors (Lipinski definition) is 4. The molecule has 24 heavy (non-hydrogen) atoms. The Morgan fingerprint density at radius 1 is 1.21 bits per heavy atom. The number of likely N-dealkylation sites (tertiary alicyclic amines) is 1. The second-order valence-corrected chi connectivity index (χ2v) is 6.85. The number of carbonyl (C=O) groups excluding carboxylic acids is 2. The number of hydrogen-bond donors (Lipinski definition) is 0. The molecule has 2 saturated heterocycles. The molecule has 1 atom stereocenters. The van der Waals surface area contributed by atoms with E-state index in [0.29, 0.717) is 26.1 Å². The van der Waals surface area contributed by atoms with Crippen LogP contribution in [0.4, 0.5) is 5.69 Å². The Morgan fingerprint density at radius 2 is 2.00 bits per heavy atom. The molecular weight excluding hydrogens is 306 g/mol. The summed E-state index contributed by atoms with van der Waals surface area (Å²) in [7, 11) is 0. The molecule has 2 aromatic rings. The molecule has 2 aliphatic rings. The van der Waals surface area contributed by atoms with Crippen molar-refractivity contribution in [1.29, 1.82) is 0 Å². The monoisotopic (exact) mass is 325 g/mol. The lowest BCUT2D eigenvalue weighted by Gasteiger charge is -2.24. The number of aromatic nitrogens is 1. The summed E-state index contributed by atoms with van der Waals surface area (Å²) in [5.41, 5.74) is 1.95. The largest absolute Gasteiger partial charge is 0.351 e. The van der Waals surface area contributed by atoms with Crippen molar-refractivity contribution in [2.45, 2.75) is 19.8 Å². The van der Waals surface area contributed by atoms with E-state index in [0.717, 1.165) is 12.1 Å². The van der Waals surface area contributed by atoms with Crippen LogP contribution in [0, 0.1) is 12.3 Å². The zero-order valence-corrected chi connectivity index (χ0v) is 13.6. The first kappa shape index (κ1) is 14.9. The summed E-state index contributed by atoms with van der Waals surface area (Å²) < 4.78 is 4.96.